The zero-order valence-electron chi connectivity index (χ0n) is 16.1. The minimum atomic E-state index is -4.86. The van der Waals surface area contributed by atoms with Crippen molar-refractivity contribution in [2.24, 2.45) is 10.8 Å². The average molecular weight is 422 g/mol. The number of halogens is 3. The van der Waals surface area contributed by atoms with Gasteiger partial charge in [-0.3, -0.25) is 9.59 Å². The minimum absolute atomic E-state index is 0.0792. The third-order valence-corrected chi connectivity index (χ3v) is 4.97. The molecule has 1 heterocycles. The molecule has 30 heavy (non-hydrogen) atoms. The summed E-state index contributed by atoms with van der Waals surface area (Å²) < 4.78 is 50.0. The molecule has 2 unspecified atom stereocenters. The number of amides is 1. The predicted molar refractivity (Wildman–Crippen MR) is 103 cm³/mol. The fourth-order valence-corrected chi connectivity index (χ4v) is 3.64. The highest BCUT2D eigenvalue weighted by atomic mass is 19.4. The van der Waals surface area contributed by atoms with E-state index < -0.39 is 33.7 Å². The molecule has 1 amide bonds. The Morgan fingerprint density at radius 1 is 1.33 bits per heavy atom. The Kier molecular flexibility index (Phi) is 5.40. The van der Waals surface area contributed by atoms with Crippen molar-refractivity contribution < 1.29 is 32.2 Å². The number of allylic oxidation sites excluding steroid dienone is 3. The van der Waals surface area contributed by atoms with E-state index in [-0.39, 0.29) is 23.3 Å². The Balaban J connectivity index is 2.32. The average Bonchev–Trinajstić information content (AvgIpc) is 3.06. The van der Waals surface area contributed by atoms with Gasteiger partial charge >= 0.3 is 6.18 Å². The number of nitrogens with zero attached hydrogens (tertiary/aromatic N) is 2. The Hall–Kier alpha value is -3.24. The van der Waals surface area contributed by atoms with Crippen molar-refractivity contribution in [3.05, 3.63) is 65.6 Å². The molecule has 10 heteroatoms. The number of benzene rings is 1. The van der Waals surface area contributed by atoms with Gasteiger partial charge in [-0.15, -0.1) is 4.59 Å². The fraction of sp³-hybridized carbons (Fsp3) is 0.250. The number of methoxy groups -OCH3 is 1. The second-order valence-electron chi connectivity index (χ2n) is 6.83. The van der Waals surface area contributed by atoms with E-state index >= 15 is 0 Å². The number of ether oxygens (including phenoxy) is 2. The smallest absolute Gasteiger partial charge is 0.420 e. The third-order valence-electron chi connectivity index (χ3n) is 4.97. The molecule has 0 radical (unpaired) electrons. The number of quaternary nitrogens is 1. The minimum Gasteiger partial charge on any atom is -0.420 e. The van der Waals surface area contributed by atoms with Crippen LogP contribution in [0.4, 0.5) is 18.9 Å². The Labute approximate surface area is 170 Å². The fourth-order valence-electron chi connectivity index (χ4n) is 3.64. The van der Waals surface area contributed by atoms with Crippen molar-refractivity contribution in [3.8, 4) is 0 Å². The topological polar surface area (TPSA) is 91.0 Å². The molecule has 0 saturated heterocycles. The number of carbonyl (C=O) groups is 2. The van der Waals surface area contributed by atoms with Crippen LogP contribution in [0.25, 0.3) is 0 Å². The third kappa shape index (κ3) is 3.55. The first kappa shape index (κ1) is 21.5. The summed E-state index contributed by atoms with van der Waals surface area (Å²) in [6.45, 7) is -0.102. The van der Waals surface area contributed by atoms with Crippen LogP contribution < -0.4 is 10.3 Å². The van der Waals surface area contributed by atoms with Crippen LogP contribution in [0.2, 0.25) is 0 Å². The van der Waals surface area contributed by atoms with Crippen molar-refractivity contribution >= 4 is 23.8 Å². The molecule has 1 aliphatic heterocycles. The molecule has 2 N–H and O–H groups in total. The van der Waals surface area contributed by atoms with Gasteiger partial charge in [0, 0.05) is 19.6 Å². The lowest BCUT2D eigenvalue weighted by Gasteiger charge is -2.35. The molecule has 2 atom stereocenters. The summed E-state index contributed by atoms with van der Waals surface area (Å²) in [7, 11) is 2.79. The van der Waals surface area contributed by atoms with Crippen molar-refractivity contribution in [2.45, 2.75) is 18.2 Å². The lowest BCUT2D eigenvalue weighted by molar-refractivity contribution is -0.124. The number of carbonyl (C=O) groups excluding carboxylic acids is 2. The van der Waals surface area contributed by atoms with Crippen molar-refractivity contribution in [2.75, 3.05) is 14.2 Å². The number of nitrogens with two attached hydrogens (primary N) is 1. The molecular formula is C20H19F3N3O4+. The van der Waals surface area contributed by atoms with Crippen LogP contribution in [0.5, 0.6) is 0 Å². The highest BCUT2D eigenvalue weighted by Gasteiger charge is 2.51. The molecule has 0 fully saturated rings. The van der Waals surface area contributed by atoms with E-state index in [1.807, 2.05) is 0 Å². The highest BCUT2D eigenvalue weighted by molar-refractivity contribution is 6.05. The predicted octanol–water partition coefficient (Wildman–Crippen LogP) is 3.03. The summed E-state index contributed by atoms with van der Waals surface area (Å²) in [6, 6.07) is 4.48. The van der Waals surface area contributed by atoms with Gasteiger partial charge in [0.15, 0.2) is 11.9 Å². The van der Waals surface area contributed by atoms with Crippen LogP contribution in [-0.4, -0.2) is 38.4 Å². The normalized spacial score (nSPS) is 25.6. The van der Waals surface area contributed by atoms with E-state index in [0.29, 0.717) is 6.42 Å². The SMILES string of the molecule is COC1(c2c(C(N)=O)cccc2[N+]2(C)C=C(OC=O)C(C(F)(F)F)=N2)C=CC=CC1. The van der Waals surface area contributed by atoms with Crippen LogP contribution in [0.3, 0.4) is 0 Å². The van der Waals surface area contributed by atoms with Crippen molar-refractivity contribution in [1.82, 2.24) is 4.59 Å². The maximum Gasteiger partial charge on any atom is 0.442 e. The molecule has 0 aromatic heterocycles. The second kappa shape index (κ2) is 7.54. The lowest BCUT2D eigenvalue weighted by atomic mass is 9.82. The molecule has 1 aliphatic carbocycles. The molecule has 7 nitrogen and oxygen atoms in total. The monoisotopic (exact) mass is 422 g/mol. The van der Waals surface area contributed by atoms with E-state index in [2.05, 4.69) is 9.84 Å². The molecule has 3 rings (SSSR count). The maximum absolute atomic E-state index is 13.5. The largest absolute Gasteiger partial charge is 0.442 e. The summed E-state index contributed by atoms with van der Waals surface area (Å²) in [5, 5.41) is 3.79. The first-order valence-corrected chi connectivity index (χ1v) is 8.78. The van der Waals surface area contributed by atoms with E-state index in [0.717, 1.165) is 6.20 Å². The van der Waals surface area contributed by atoms with E-state index in [9.17, 15) is 22.8 Å². The lowest BCUT2D eigenvalue weighted by Crippen LogP contribution is -2.38. The zero-order valence-corrected chi connectivity index (χ0v) is 16.1. The van der Waals surface area contributed by atoms with Gasteiger partial charge in [0.1, 0.15) is 12.6 Å². The summed E-state index contributed by atoms with van der Waals surface area (Å²) in [5.41, 5.74) is 3.62. The molecular weight excluding hydrogens is 403 g/mol. The first-order chi connectivity index (χ1) is 14.1. The molecule has 0 bridgehead atoms. The molecule has 2 aliphatic rings. The van der Waals surface area contributed by atoms with Gasteiger partial charge < -0.3 is 15.2 Å². The van der Waals surface area contributed by atoms with Gasteiger partial charge in [0.2, 0.25) is 17.4 Å². The number of primary amides is 1. The number of alkyl halides is 3. The first-order valence-electron chi connectivity index (χ1n) is 8.78. The molecule has 1 aromatic rings. The van der Waals surface area contributed by atoms with Crippen LogP contribution in [-0.2, 0) is 19.9 Å². The van der Waals surface area contributed by atoms with Crippen molar-refractivity contribution in [1.29, 1.82) is 0 Å². The van der Waals surface area contributed by atoms with Crippen LogP contribution >= 0.6 is 0 Å². The maximum atomic E-state index is 13.5. The van der Waals surface area contributed by atoms with Gasteiger partial charge in [-0.25, -0.2) is 0 Å². The highest BCUT2D eigenvalue weighted by Crippen LogP contribution is 2.45. The van der Waals surface area contributed by atoms with Crippen molar-refractivity contribution in [3.63, 3.8) is 0 Å². The quantitative estimate of drug-likeness (QED) is 0.564. The van der Waals surface area contributed by atoms with Gasteiger partial charge in [-0.2, -0.15) is 13.2 Å². The molecule has 1 aromatic carbocycles. The van der Waals surface area contributed by atoms with Crippen LogP contribution in [0.1, 0.15) is 22.3 Å². The van der Waals surface area contributed by atoms with Gasteiger partial charge in [0.05, 0.1) is 11.1 Å². The van der Waals surface area contributed by atoms with E-state index in [1.165, 1.54) is 32.4 Å². The molecule has 0 spiro atoms. The van der Waals surface area contributed by atoms with Gasteiger partial charge in [0.25, 0.3) is 6.47 Å². The standard InChI is InChI=1S/C20H18F3N3O4/c1-26(11-15(30-12-27)17(25-26)20(21,22)23)14-8-6-7-13(18(24)28)16(14)19(29-2)9-4-3-5-10-19/h3-9,11-12H,10H2,1-2H3,(H-,24,28)/p+1. The Morgan fingerprint density at radius 2 is 2.07 bits per heavy atom. The second-order valence-corrected chi connectivity index (χ2v) is 6.83. The number of rotatable bonds is 6. The summed E-state index contributed by atoms with van der Waals surface area (Å²) in [4.78, 5) is 22.9. The van der Waals surface area contributed by atoms with Gasteiger partial charge in [-0.05, 0) is 12.1 Å². The Morgan fingerprint density at radius 3 is 2.60 bits per heavy atom. The summed E-state index contributed by atoms with van der Waals surface area (Å²) >= 11 is 0. The summed E-state index contributed by atoms with van der Waals surface area (Å²) in [5.74, 6) is -1.51. The van der Waals surface area contributed by atoms with Gasteiger partial charge in [-0.1, -0.05) is 29.4 Å². The van der Waals surface area contributed by atoms with E-state index in [1.54, 1.807) is 24.3 Å². The summed E-state index contributed by atoms with van der Waals surface area (Å²) in [6.07, 6.45) is 3.48. The zero-order chi connectivity index (χ0) is 22.2. The number of hydrogen-bond donors (Lipinski definition) is 1. The van der Waals surface area contributed by atoms with E-state index in [4.69, 9.17) is 10.5 Å². The Bertz CT molecular complexity index is 1010. The van der Waals surface area contributed by atoms with Crippen LogP contribution in [0.15, 0.2) is 59.6 Å². The molecule has 0 saturated carbocycles. The van der Waals surface area contributed by atoms with Crippen LogP contribution in [0, 0.1) is 0 Å². The number of hydrogen-bond acceptors (Lipinski definition) is 5. The molecule has 158 valence electrons.